The van der Waals surface area contributed by atoms with Gasteiger partial charge in [-0.1, -0.05) is 19.8 Å². The van der Waals surface area contributed by atoms with Gasteiger partial charge in [-0.2, -0.15) is 0 Å². The van der Waals surface area contributed by atoms with E-state index in [2.05, 4.69) is 6.92 Å². The minimum absolute atomic E-state index is 0.176. The van der Waals surface area contributed by atoms with Gasteiger partial charge in [0.2, 0.25) is 0 Å². The molecule has 1 aliphatic rings. The highest BCUT2D eigenvalue weighted by atomic mass is 32.2. The topological polar surface area (TPSA) is 43.1 Å². The minimum atomic E-state index is -0.697. The Labute approximate surface area is 83.7 Å². The molecule has 0 aliphatic heterocycles. The first-order valence-electron chi connectivity index (χ1n) is 5.24. The van der Waals surface area contributed by atoms with E-state index < -0.39 is 10.8 Å². The second-order valence-corrected chi connectivity index (χ2v) is 6.40. The molecular weight excluding hydrogens is 182 g/mol. The first-order chi connectivity index (χ1) is 6.15. The first kappa shape index (κ1) is 11.2. The zero-order chi connectivity index (χ0) is 9.84. The van der Waals surface area contributed by atoms with Gasteiger partial charge in [0.05, 0.1) is 0 Å². The Kier molecular flexibility index (Phi) is 4.39. The summed E-state index contributed by atoms with van der Waals surface area (Å²) in [5, 5.41) is 0.595. The lowest BCUT2D eigenvalue weighted by Gasteiger charge is -2.27. The number of nitrogens with two attached hydrogens (primary N) is 1. The molecule has 0 saturated heterocycles. The Hall–Kier alpha value is 0.110. The second-order valence-electron chi connectivity index (χ2n) is 4.27. The standard InChI is InChI=1S/C10H21NOS/c1-8-4-3-5-10(6-8)13(12)9(2)7-11/h8-10H,3-7,11H2,1-2H3. The predicted molar refractivity (Wildman–Crippen MR) is 58.1 cm³/mol. The van der Waals surface area contributed by atoms with Crippen LogP contribution in [-0.2, 0) is 10.8 Å². The lowest BCUT2D eigenvalue weighted by atomic mass is 9.91. The van der Waals surface area contributed by atoms with Gasteiger partial charge in [-0.25, -0.2) is 0 Å². The molecule has 0 aromatic rings. The van der Waals surface area contributed by atoms with E-state index in [0.717, 1.165) is 18.8 Å². The van der Waals surface area contributed by atoms with Gasteiger partial charge < -0.3 is 5.73 Å². The monoisotopic (exact) mass is 203 g/mol. The molecule has 78 valence electrons. The van der Waals surface area contributed by atoms with Crippen molar-refractivity contribution in [1.82, 2.24) is 0 Å². The van der Waals surface area contributed by atoms with Crippen molar-refractivity contribution < 1.29 is 4.21 Å². The zero-order valence-electron chi connectivity index (χ0n) is 8.66. The minimum Gasteiger partial charge on any atom is -0.329 e. The van der Waals surface area contributed by atoms with Gasteiger partial charge in [-0.15, -0.1) is 0 Å². The van der Waals surface area contributed by atoms with Gasteiger partial charge in [0.15, 0.2) is 0 Å². The summed E-state index contributed by atoms with van der Waals surface area (Å²) in [4.78, 5) is 0. The smallest absolute Gasteiger partial charge is 0.0445 e. The highest BCUT2D eigenvalue weighted by Crippen LogP contribution is 2.28. The highest BCUT2D eigenvalue weighted by molar-refractivity contribution is 7.86. The summed E-state index contributed by atoms with van der Waals surface area (Å²) in [5.41, 5.74) is 5.52. The molecule has 0 spiro atoms. The van der Waals surface area contributed by atoms with E-state index in [1.807, 2.05) is 6.92 Å². The molecular formula is C10H21NOS. The fraction of sp³-hybridized carbons (Fsp3) is 1.00. The fourth-order valence-electron chi connectivity index (χ4n) is 2.01. The molecule has 1 fully saturated rings. The molecule has 2 nitrogen and oxygen atoms in total. The molecule has 0 radical (unpaired) electrons. The van der Waals surface area contributed by atoms with Gasteiger partial charge in [-0.3, -0.25) is 4.21 Å². The summed E-state index contributed by atoms with van der Waals surface area (Å²) in [6.45, 7) is 4.81. The normalized spacial score (nSPS) is 34.1. The largest absolute Gasteiger partial charge is 0.329 e. The summed E-state index contributed by atoms with van der Waals surface area (Å²) in [6.07, 6.45) is 4.83. The molecule has 0 heterocycles. The third-order valence-electron chi connectivity index (χ3n) is 2.95. The van der Waals surface area contributed by atoms with Crippen LogP contribution in [0, 0.1) is 5.92 Å². The molecule has 4 unspecified atom stereocenters. The van der Waals surface area contributed by atoms with Crippen molar-refractivity contribution >= 4 is 10.8 Å². The Bertz CT molecular complexity index is 184. The Morgan fingerprint density at radius 1 is 1.54 bits per heavy atom. The van der Waals surface area contributed by atoms with Crippen molar-refractivity contribution in [2.45, 2.75) is 50.0 Å². The molecule has 0 bridgehead atoms. The van der Waals surface area contributed by atoms with Gasteiger partial charge in [0.25, 0.3) is 0 Å². The van der Waals surface area contributed by atoms with Crippen LogP contribution in [0.1, 0.15) is 39.5 Å². The van der Waals surface area contributed by atoms with E-state index in [1.165, 1.54) is 12.8 Å². The van der Waals surface area contributed by atoms with E-state index in [-0.39, 0.29) is 5.25 Å². The van der Waals surface area contributed by atoms with Crippen molar-refractivity contribution in [3.05, 3.63) is 0 Å². The first-order valence-corrected chi connectivity index (χ1v) is 6.52. The average Bonchev–Trinajstić information content (AvgIpc) is 2.15. The van der Waals surface area contributed by atoms with Gasteiger partial charge in [-0.05, 0) is 25.7 Å². The second kappa shape index (κ2) is 5.11. The molecule has 3 heteroatoms. The van der Waals surface area contributed by atoms with Gasteiger partial charge in [0, 0.05) is 27.8 Å². The van der Waals surface area contributed by atoms with Crippen LogP contribution in [-0.4, -0.2) is 21.3 Å². The van der Waals surface area contributed by atoms with E-state index >= 15 is 0 Å². The SMILES string of the molecule is CC1CCCC(S(=O)C(C)CN)C1. The van der Waals surface area contributed by atoms with E-state index in [1.54, 1.807) is 0 Å². The Morgan fingerprint density at radius 3 is 2.77 bits per heavy atom. The van der Waals surface area contributed by atoms with E-state index in [4.69, 9.17) is 5.73 Å². The molecule has 1 saturated carbocycles. The maximum absolute atomic E-state index is 11.9. The lowest BCUT2D eigenvalue weighted by Crippen LogP contribution is -2.32. The van der Waals surface area contributed by atoms with Gasteiger partial charge in [0.1, 0.15) is 0 Å². The average molecular weight is 203 g/mol. The summed E-state index contributed by atoms with van der Waals surface area (Å²) in [7, 11) is -0.697. The fourth-order valence-corrected chi connectivity index (χ4v) is 3.78. The van der Waals surface area contributed by atoms with Crippen LogP contribution in [0.25, 0.3) is 0 Å². The van der Waals surface area contributed by atoms with Crippen LogP contribution in [0.15, 0.2) is 0 Å². The van der Waals surface area contributed by atoms with Crippen LogP contribution in [0.4, 0.5) is 0 Å². The summed E-state index contributed by atoms with van der Waals surface area (Å²) >= 11 is 0. The maximum atomic E-state index is 11.9. The molecule has 4 atom stereocenters. The molecule has 13 heavy (non-hydrogen) atoms. The van der Waals surface area contributed by atoms with Crippen molar-refractivity contribution in [2.24, 2.45) is 11.7 Å². The highest BCUT2D eigenvalue weighted by Gasteiger charge is 2.26. The maximum Gasteiger partial charge on any atom is 0.0445 e. The molecule has 1 aliphatic carbocycles. The Morgan fingerprint density at radius 2 is 2.23 bits per heavy atom. The van der Waals surface area contributed by atoms with Crippen LogP contribution in [0.2, 0.25) is 0 Å². The summed E-state index contributed by atoms with van der Waals surface area (Å²) in [6, 6.07) is 0. The van der Waals surface area contributed by atoms with E-state index in [9.17, 15) is 4.21 Å². The number of rotatable bonds is 3. The quantitative estimate of drug-likeness (QED) is 0.758. The molecule has 0 aromatic heterocycles. The van der Waals surface area contributed by atoms with Crippen LogP contribution in [0.5, 0.6) is 0 Å². The number of hydrogen-bond acceptors (Lipinski definition) is 2. The summed E-state index contributed by atoms with van der Waals surface area (Å²) < 4.78 is 11.9. The van der Waals surface area contributed by atoms with Crippen LogP contribution < -0.4 is 5.73 Å². The molecule has 1 rings (SSSR count). The third kappa shape index (κ3) is 3.06. The van der Waals surface area contributed by atoms with Crippen molar-refractivity contribution in [3.8, 4) is 0 Å². The molecule has 2 N–H and O–H groups in total. The van der Waals surface area contributed by atoms with E-state index in [0.29, 0.717) is 11.8 Å². The van der Waals surface area contributed by atoms with Crippen molar-refractivity contribution in [3.63, 3.8) is 0 Å². The molecule has 0 aromatic carbocycles. The lowest BCUT2D eigenvalue weighted by molar-refractivity contribution is 0.388. The van der Waals surface area contributed by atoms with Crippen molar-refractivity contribution in [1.29, 1.82) is 0 Å². The predicted octanol–water partition coefficient (Wildman–Crippen LogP) is 1.66. The van der Waals surface area contributed by atoms with Crippen molar-refractivity contribution in [2.75, 3.05) is 6.54 Å². The molecule has 0 amide bonds. The van der Waals surface area contributed by atoms with Crippen LogP contribution >= 0.6 is 0 Å². The van der Waals surface area contributed by atoms with Crippen LogP contribution in [0.3, 0.4) is 0 Å². The zero-order valence-corrected chi connectivity index (χ0v) is 9.48. The third-order valence-corrected chi connectivity index (χ3v) is 5.02. The van der Waals surface area contributed by atoms with Gasteiger partial charge >= 0.3 is 0 Å². The Balaban J connectivity index is 2.46. The summed E-state index contributed by atoms with van der Waals surface area (Å²) in [5.74, 6) is 0.757. The number of hydrogen-bond donors (Lipinski definition) is 1.